The number of unbranched alkanes of at least 4 members (excludes halogenated alkanes) is 32. The van der Waals surface area contributed by atoms with Crippen LogP contribution in [0.2, 0.25) is 0 Å². The van der Waals surface area contributed by atoms with Crippen LogP contribution in [0.1, 0.15) is 325 Å². The van der Waals surface area contributed by atoms with Gasteiger partial charge < -0.3 is 5.53 Å². The van der Waals surface area contributed by atoms with E-state index in [9.17, 15) is 5.53 Å². The molecule has 1 aliphatic rings. The number of benzene rings is 2. The molecule has 1 aliphatic heterocycles. The van der Waals surface area contributed by atoms with E-state index in [0.717, 1.165) is 73.9 Å². The molecule has 0 aliphatic carbocycles. The number of hydrogen-bond donors (Lipinski definition) is 0. The van der Waals surface area contributed by atoms with Crippen LogP contribution < -0.4 is 0 Å². The fourth-order valence-electron chi connectivity index (χ4n) is 10.7. The highest BCUT2D eigenvalue weighted by molar-refractivity contribution is 5.86. The Balaban J connectivity index is 1.67. The van der Waals surface area contributed by atoms with Crippen molar-refractivity contribution in [1.82, 2.24) is 0 Å². The average molecular weight is 944 g/mol. The van der Waals surface area contributed by atoms with Crippen molar-refractivity contribution >= 4 is 11.4 Å². The highest BCUT2D eigenvalue weighted by Crippen LogP contribution is 2.43. The molecule has 0 saturated carbocycles. The number of nitrogens with zero attached hydrogens (tertiary/aromatic N) is 2. The zero-order valence-electron chi connectivity index (χ0n) is 46.8. The van der Waals surface area contributed by atoms with Crippen LogP contribution in [0.25, 0.3) is 16.9 Å². The van der Waals surface area contributed by atoms with E-state index < -0.39 is 0 Å². The van der Waals surface area contributed by atoms with Gasteiger partial charge in [-0.3, -0.25) is 0 Å². The standard InChI is InChI=1S/C67H110N2/c1-7-13-19-21-23-24-25-26-27-28-29-30-31-32-33-34-35-36-37-38-39-40-41-43-45-51-65-64(50-44-42-22-20-14-8-2)66(62-54-58(46-15-9-3)52-59(55-62)47-16-10-4)69(68)67(65)63-56-60(48-17-11-5)53-61(57-63)49-18-12-6/h52-57H,7-44,46-50H2,1-6H3. The number of aryl methyl sites for hydroxylation is 4. The van der Waals surface area contributed by atoms with Gasteiger partial charge in [-0.1, -0.05) is 265 Å². The monoisotopic (exact) mass is 943 g/mol. The third-order valence-electron chi connectivity index (χ3n) is 15.1. The maximum atomic E-state index is 12.8. The van der Waals surface area contributed by atoms with Crippen molar-refractivity contribution in [3.8, 4) is 11.8 Å². The normalized spacial score (nSPS) is 12.8. The van der Waals surface area contributed by atoms with E-state index in [4.69, 9.17) is 0 Å². The molecule has 2 aromatic carbocycles. The van der Waals surface area contributed by atoms with Crippen LogP contribution in [0.4, 0.5) is 0 Å². The molecule has 0 N–H and O–H groups in total. The molecule has 0 radical (unpaired) electrons. The third kappa shape index (κ3) is 25.9. The van der Waals surface area contributed by atoms with Gasteiger partial charge in [-0.05, 0) is 117 Å². The summed E-state index contributed by atoms with van der Waals surface area (Å²) in [5.41, 5.74) is 25.0. The molecule has 2 heteroatoms. The van der Waals surface area contributed by atoms with E-state index in [1.54, 1.807) is 4.70 Å². The van der Waals surface area contributed by atoms with Crippen molar-refractivity contribution in [2.75, 3.05) is 0 Å². The first-order valence-electron chi connectivity index (χ1n) is 30.7. The molecular weight excluding hydrogens is 833 g/mol. The zero-order valence-corrected chi connectivity index (χ0v) is 46.8. The van der Waals surface area contributed by atoms with Crippen LogP contribution in [-0.4, -0.2) is 4.70 Å². The predicted molar refractivity (Wildman–Crippen MR) is 307 cm³/mol. The van der Waals surface area contributed by atoms with E-state index in [2.05, 4.69) is 89.8 Å². The Kier molecular flexibility index (Phi) is 35.6. The molecule has 2 aromatic rings. The summed E-state index contributed by atoms with van der Waals surface area (Å²) in [6, 6.07) is 14.5. The van der Waals surface area contributed by atoms with Crippen molar-refractivity contribution in [3.63, 3.8) is 0 Å². The fourth-order valence-corrected chi connectivity index (χ4v) is 10.7. The Labute approximate surface area is 430 Å². The SMILES string of the molecule is CCCCCCCCCCCCCCCCCCCCCCCCCC#CC1=C(c2cc(CCCC)cc(CCCC)c2)[N+](=[N-])C(c2cc(CCCC)cc(CCCC)c2)=C1CCCCCCCC. The lowest BCUT2D eigenvalue weighted by Crippen LogP contribution is -2.05. The van der Waals surface area contributed by atoms with Gasteiger partial charge in [0.05, 0.1) is 0 Å². The summed E-state index contributed by atoms with van der Waals surface area (Å²) in [4.78, 5) is 0. The Morgan fingerprint density at radius 1 is 0.319 bits per heavy atom. The molecule has 0 unspecified atom stereocenters. The topological polar surface area (TPSA) is 25.3 Å². The maximum Gasteiger partial charge on any atom is 0.223 e. The second-order valence-corrected chi connectivity index (χ2v) is 21.7. The van der Waals surface area contributed by atoms with Crippen LogP contribution in [0.5, 0.6) is 0 Å². The van der Waals surface area contributed by atoms with Gasteiger partial charge in [0.2, 0.25) is 11.4 Å². The molecule has 0 spiro atoms. The van der Waals surface area contributed by atoms with Crippen LogP contribution >= 0.6 is 0 Å². The molecule has 0 atom stereocenters. The second kappa shape index (κ2) is 40.7. The highest BCUT2D eigenvalue weighted by atomic mass is 15.2. The zero-order chi connectivity index (χ0) is 49.4. The lowest BCUT2D eigenvalue weighted by molar-refractivity contribution is -0.345. The fraction of sp³-hybridized carbons (Fsp3) is 0.731. The summed E-state index contributed by atoms with van der Waals surface area (Å²) < 4.78 is 1.61. The van der Waals surface area contributed by atoms with E-state index >= 15 is 0 Å². The molecule has 0 aromatic heterocycles. The summed E-state index contributed by atoms with van der Waals surface area (Å²) in [7, 11) is 0. The van der Waals surface area contributed by atoms with Gasteiger partial charge in [0.15, 0.2) is 0 Å². The largest absolute Gasteiger partial charge is 0.493 e. The van der Waals surface area contributed by atoms with Crippen molar-refractivity contribution < 1.29 is 4.70 Å². The summed E-state index contributed by atoms with van der Waals surface area (Å²) in [5, 5.41) is 0. The minimum absolute atomic E-state index is 0.924. The minimum Gasteiger partial charge on any atom is -0.493 e. The Morgan fingerprint density at radius 2 is 0.609 bits per heavy atom. The molecule has 69 heavy (non-hydrogen) atoms. The lowest BCUT2D eigenvalue weighted by Gasteiger charge is -2.14. The van der Waals surface area contributed by atoms with Gasteiger partial charge in [0.25, 0.3) is 0 Å². The molecular formula is C67H110N2. The molecule has 0 fully saturated rings. The highest BCUT2D eigenvalue weighted by Gasteiger charge is 2.36. The van der Waals surface area contributed by atoms with Gasteiger partial charge in [-0.25, -0.2) is 4.70 Å². The minimum atomic E-state index is 0.924. The summed E-state index contributed by atoms with van der Waals surface area (Å²) >= 11 is 0. The number of rotatable bonds is 44. The Morgan fingerprint density at radius 3 is 0.942 bits per heavy atom. The van der Waals surface area contributed by atoms with Crippen molar-refractivity contribution in [3.05, 3.63) is 86.5 Å². The van der Waals surface area contributed by atoms with Crippen LogP contribution in [0.3, 0.4) is 0 Å². The molecule has 0 bridgehead atoms. The molecule has 3 rings (SSSR count). The molecule has 1 heterocycles. The summed E-state index contributed by atoms with van der Waals surface area (Å²) in [6.45, 7) is 13.8. The summed E-state index contributed by atoms with van der Waals surface area (Å²) in [5.74, 6) is 7.56. The van der Waals surface area contributed by atoms with E-state index in [-0.39, 0.29) is 0 Å². The molecule has 2 nitrogen and oxygen atoms in total. The lowest BCUT2D eigenvalue weighted by atomic mass is 9.92. The summed E-state index contributed by atoms with van der Waals surface area (Å²) in [6.07, 6.45) is 55.7. The van der Waals surface area contributed by atoms with E-state index in [0.29, 0.717) is 0 Å². The molecule has 0 saturated heterocycles. The van der Waals surface area contributed by atoms with Crippen LogP contribution in [0.15, 0.2) is 47.5 Å². The van der Waals surface area contributed by atoms with Gasteiger partial charge >= 0.3 is 0 Å². The van der Waals surface area contributed by atoms with Crippen LogP contribution in [-0.2, 0) is 25.7 Å². The smallest absolute Gasteiger partial charge is 0.223 e. The van der Waals surface area contributed by atoms with Crippen molar-refractivity contribution in [1.29, 1.82) is 0 Å². The second-order valence-electron chi connectivity index (χ2n) is 21.7. The third-order valence-corrected chi connectivity index (χ3v) is 15.1. The first-order valence-corrected chi connectivity index (χ1v) is 30.7. The average Bonchev–Trinajstić information content (AvgIpc) is 3.64. The molecule has 0 amide bonds. The van der Waals surface area contributed by atoms with Gasteiger partial charge in [-0.2, -0.15) is 0 Å². The number of hydrogen-bond acceptors (Lipinski definition) is 0. The van der Waals surface area contributed by atoms with Gasteiger partial charge in [0.1, 0.15) is 5.57 Å². The van der Waals surface area contributed by atoms with Crippen LogP contribution in [0, 0.1) is 11.8 Å². The number of allylic oxidation sites excluding steroid dienone is 2. The Bertz CT molecular complexity index is 1710. The maximum absolute atomic E-state index is 12.8. The van der Waals surface area contributed by atoms with E-state index in [1.165, 1.54) is 258 Å². The van der Waals surface area contributed by atoms with Crippen molar-refractivity contribution in [2.45, 2.75) is 318 Å². The predicted octanol–water partition coefficient (Wildman–Crippen LogP) is 22.4. The first-order chi connectivity index (χ1) is 34.0. The van der Waals surface area contributed by atoms with Gasteiger partial charge in [-0.15, -0.1) is 0 Å². The first kappa shape index (κ1) is 60.4. The van der Waals surface area contributed by atoms with Gasteiger partial charge in [0, 0.05) is 23.1 Å². The Hall–Kier alpha value is -2.92. The molecule has 388 valence electrons. The van der Waals surface area contributed by atoms with E-state index in [1.807, 2.05) is 0 Å². The quantitative estimate of drug-likeness (QED) is 0.0359. The van der Waals surface area contributed by atoms with Crippen molar-refractivity contribution in [2.24, 2.45) is 0 Å².